The van der Waals surface area contributed by atoms with Gasteiger partial charge >= 0.3 is 17.7 Å². The van der Waals surface area contributed by atoms with Crippen LogP contribution in [0.2, 0.25) is 0 Å². The summed E-state index contributed by atoms with van der Waals surface area (Å²) in [5.74, 6) is -3.74. The molecule has 12 heavy (non-hydrogen) atoms. The van der Waals surface area contributed by atoms with Crippen LogP contribution in [0.1, 0.15) is 19.3 Å². The van der Waals surface area contributed by atoms with Crippen LogP contribution < -0.4 is 0 Å². The van der Waals surface area contributed by atoms with Crippen molar-refractivity contribution in [3.05, 3.63) is 0 Å². The van der Waals surface area contributed by atoms with E-state index < -0.39 is 17.7 Å². The van der Waals surface area contributed by atoms with E-state index in [9.17, 15) is 9.59 Å². The van der Waals surface area contributed by atoms with Crippen molar-refractivity contribution in [3.63, 3.8) is 0 Å². The molecule has 68 valence electrons. The van der Waals surface area contributed by atoms with Gasteiger partial charge in [0, 0.05) is 12.8 Å². The van der Waals surface area contributed by atoms with Crippen molar-refractivity contribution in [2.75, 3.05) is 0 Å². The third-order valence-corrected chi connectivity index (χ3v) is 1.51. The van der Waals surface area contributed by atoms with Crippen molar-refractivity contribution in [2.24, 2.45) is 0 Å². The van der Waals surface area contributed by atoms with Crippen LogP contribution in [0, 0.1) is 0 Å². The quantitative estimate of drug-likeness (QED) is 0.451. The largest absolute Gasteiger partial charge is 0.481 e. The zero-order valence-corrected chi connectivity index (χ0v) is 6.15. The number of hydrogen-bond donors (Lipinski definition) is 2. The fraction of sp³-hybridized carbons (Fsp3) is 0.667. The molecular formula is C6H8O6. The van der Waals surface area contributed by atoms with E-state index in [2.05, 4.69) is 9.78 Å². The second-order valence-corrected chi connectivity index (χ2v) is 2.47. The Bertz CT molecular complexity index is 206. The maximum atomic E-state index is 10.4. The molecule has 0 bridgehead atoms. The molecule has 0 unspecified atom stereocenters. The van der Waals surface area contributed by atoms with Gasteiger partial charge in [0.2, 0.25) is 0 Å². The summed E-state index contributed by atoms with van der Waals surface area (Å²) in [5, 5.41) is 16.7. The first-order chi connectivity index (χ1) is 5.57. The lowest BCUT2D eigenvalue weighted by atomic mass is 10.1. The molecule has 0 aromatic carbocycles. The molecule has 1 aliphatic heterocycles. The SMILES string of the molecule is O=C(O)CCCC1(C(=O)O)OO1. The van der Waals surface area contributed by atoms with Crippen molar-refractivity contribution in [2.45, 2.75) is 25.0 Å². The Morgan fingerprint density at radius 2 is 1.83 bits per heavy atom. The Kier molecular flexibility index (Phi) is 2.30. The average molecular weight is 176 g/mol. The van der Waals surface area contributed by atoms with Gasteiger partial charge in [-0.2, -0.15) is 9.78 Å². The van der Waals surface area contributed by atoms with Crippen molar-refractivity contribution < 1.29 is 29.6 Å². The van der Waals surface area contributed by atoms with E-state index >= 15 is 0 Å². The van der Waals surface area contributed by atoms with Gasteiger partial charge in [-0.25, -0.2) is 4.79 Å². The van der Waals surface area contributed by atoms with Crippen LogP contribution in [0.3, 0.4) is 0 Å². The summed E-state index contributed by atoms with van der Waals surface area (Å²) in [6, 6.07) is 0. The molecule has 0 aromatic rings. The van der Waals surface area contributed by atoms with Gasteiger partial charge in [-0.1, -0.05) is 0 Å². The Morgan fingerprint density at radius 3 is 2.17 bits per heavy atom. The van der Waals surface area contributed by atoms with Crippen molar-refractivity contribution >= 4 is 11.9 Å². The molecular weight excluding hydrogens is 168 g/mol. The minimum absolute atomic E-state index is 0.0641. The molecule has 1 saturated heterocycles. The highest BCUT2D eigenvalue weighted by molar-refractivity contribution is 5.77. The van der Waals surface area contributed by atoms with Crippen LogP contribution in [0.15, 0.2) is 0 Å². The zero-order valence-electron chi connectivity index (χ0n) is 6.15. The average Bonchev–Trinajstić information content (AvgIpc) is 2.68. The van der Waals surface area contributed by atoms with Crippen LogP contribution >= 0.6 is 0 Å². The first-order valence-electron chi connectivity index (χ1n) is 3.39. The smallest absolute Gasteiger partial charge is 0.370 e. The van der Waals surface area contributed by atoms with Gasteiger partial charge in [0.1, 0.15) is 0 Å². The predicted octanol–water partition coefficient (Wildman–Crippen LogP) is -0.0160. The maximum absolute atomic E-state index is 10.4. The van der Waals surface area contributed by atoms with E-state index in [0.717, 1.165) is 0 Å². The fourth-order valence-corrected chi connectivity index (χ4v) is 0.784. The number of carboxylic acid groups (broad SMARTS) is 2. The van der Waals surface area contributed by atoms with Crippen LogP contribution in [0.5, 0.6) is 0 Å². The predicted molar refractivity (Wildman–Crippen MR) is 34.0 cm³/mol. The molecule has 1 rings (SSSR count). The molecule has 0 aromatic heterocycles. The Hall–Kier alpha value is -1.14. The van der Waals surface area contributed by atoms with E-state index in [0.29, 0.717) is 0 Å². The second-order valence-electron chi connectivity index (χ2n) is 2.47. The van der Waals surface area contributed by atoms with Gasteiger partial charge in [-0.05, 0) is 6.42 Å². The van der Waals surface area contributed by atoms with E-state index in [1.165, 1.54) is 0 Å². The fourth-order valence-electron chi connectivity index (χ4n) is 0.784. The van der Waals surface area contributed by atoms with Crippen molar-refractivity contribution in [1.82, 2.24) is 0 Å². The van der Waals surface area contributed by atoms with Gasteiger partial charge in [0.05, 0.1) is 0 Å². The number of rotatable bonds is 5. The third kappa shape index (κ3) is 1.93. The summed E-state index contributed by atoms with van der Waals surface area (Å²) in [5.41, 5.74) is 0. The van der Waals surface area contributed by atoms with Gasteiger partial charge in [-0.3, -0.25) is 4.79 Å². The number of aliphatic carboxylic acids is 2. The minimum Gasteiger partial charge on any atom is -0.481 e. The molecule has 0 radical (unpaired) electrons. The number of carboxylic acids is 2. The monoisotopic (exact) mass is 176 g/mol. The van der Waals surface area contributed by atoms with Crippen LogP contribution in [-0.2, 0) is 19.4 Å². The lowest BCUT2D eigenvalue weighted by molar-refractivity contribution is -0.145. The van der Waals surface area contributed by atoms with Gasteiger partial charge in [0.15, 0.2) is 0 Å². The second kappa shape index (κ2) is 3.08. The summed E-state index contributed by atoms with van der Waals surface area (Å²) in [6.07, 6.45) is 0.206. The molecule has 0 aliphatic carbocycles. The molecule has 0 saturated carbocycles. The molecule has 1 fully saturated rings. The molecule has 6 heteroatoms. The van der Waals surface area contributed by atoms with Gasteiger partial charge in [0.25, 0.3) is 0 Å². The Labute approximate surface area is 67.6 Å². The summed E-state index contributed by atoms with van der Waals surface area (Å²) in [7, 11) is 0. The van der Waals surface area contributed by atoms with Gasteiger partial charge in [-0.15, -0.1) is 0 Å². The normalized spacial score (nSPS) is 18.7. The van der Waals surface area contributed by atoms with Crippen molar-refractivity contribution in [1.29, 1.82) is 0 Å². The highest BCUT2D eigenvalue weighted by Crippen LogP contribution is 2.34. The highest BCUT2D eigenvalue weighted by Gasteiger charge is 2.56. The summed E-state index contributed by atoms with van der Waals surface area (Å²) >= 11 is 0. The molecule has 0 spiro atoms. The molecule has 2 N–H and O–H groups in total. The van der Waals surface area contributed by atoms with E-state index in [4.69, 9.17) is 10.2 Å². The van der Waals surface area contributed by atoms with Crippen LogP contribution in [0.4, 0.5) is 0 Å². The third-order valence-electron chi connectivity index (χ3n) is 1.51. The van der Waals surface area contributed by atoms with Crippen LogP contribution in [-0.4, -0.2) is 27.9 Å². The maximum Gasteiger partial charge on any atom is 0.370 e. The first-order valence-corrected chi connectivity index (χ1v) is 3.39. The van der Waals surface area contributed by atoms with Gasteiger partial charge < -0.3 is 10.2 Å². The lowest BCUT2D eigenvalue weighted by Gasteiger charge is -1.98. The Morgan fingerprint density at radius 1 is 1.25 bits per heavy atom. The zero-order chi connectivity index (χ0) is 9.19. The summed E-state index contributed by atoms with van der Waals surface area (Å²) < 4.78 is 0. The topological polar surface area (TPSA) is 99.7 Å². The molecule has 6 nitrogen and oxygen atoms in total. The number of carbonyl (C=O) groups is 2. The minimum atomic E-state index is -1.56. The standard InChI is InChI=1S/C6H8O6/c7-4(8)2-1-3-6(5(9)10)11-12-6/h1-3H2,(H,7,8)(H,9,10). The molecule has 0 atom stereocenters. The molecule has 0 amide bonds. The molecule has 1 aliphatic rings. The Balaban J connectivity index is 2.23. The van der Waals surface area contributed by atoms with E-state index in [-0.39, 0.29) is 19.3 Å². The van der Waals surface area contributed by atoms with E-state index in [1.807, 2.05) is 0 Å². The summed E-state index contributed by atoms with van der Waals surface area (Å²) in [6.45, 7) is 0. The molecule has 1 heterocycles. The van der Waals surface area contributed by atoms with Crippen LogP contribution in [0.25, 0.3) is 0 Å². The first kappa shape index (κ1) is 8.95. The highest BCUT2D eigenvalue weighted by atomic mass is 17.4. The van der Waals surface area contributed by atoms with Crippen molar-refractivity contribution in [3.8, 4) is 0 Å². The summed E-state index contributed by atoms with van der Waals surface area (Å²) in [4.78, 5) is 28.9. The number of hydrogen-bond acceptors (Lipinski definition) is 4. The van der Waals surface area contributed by atoms with E-state index in [1.54, 1.807) is 0 Å². The lowest BCUT2D eigenvalue weighted by Crippen LogP contribution is -2.23.